The van der Waals surface area contributed by atoms with Crippen LogP contribution in [0.3, 0.4) is 0 Å². The Morgan fingerprint density at radius 3 is 2.57 bits per heavy atom. The number of nitrogens with one attached hydrogen (secondary N) is 1. The molecule has 1 saturated carbocycles. The van der Waals surface area contributed by atoms with Crippen molar-refractivity contribution in [3.05, 3.63) is 35.8 Å². The topological polar surface area (TPSA) is 71.5 Å². The SMILES string of the molecule is CC(C)(O)C1CCC(NC(=O)c2cnc3cc(OC(F)F)c(F)cc3c2)CC1.[HH]. The molecule has 2 aromatic rings. The van der Waals surface area contributed by atoms with Crippen molar-refractivity contribution >= 4 is 16.8 Å². The van der Waals surface area contributed by atoms with E-state index < -0.39 is 23.8 Å². The van der Waals surface area contributed by atoms with Crippen LogP contribution in [0.1, 0.15) is 51.3 Å². The second kappa shape index (κ2) is 7.95. The van der Waals surface area contributed by atoms with E-state index in [1.54, 1.807) is 13.8 Å². The molecule has 8 heteroatoms. The second-order valence-corrected chi connectivity index (χ2v) is 7.75. The lowest BCUT2D eigenvalue weighted by Gasteiger charge is -2.36. The van der Waals surface area contributed by atoms with Gasteiger partial charge in [0, 0.05) is 25.1 Å². The first-order chi connectivity index (χ1) is 13.1. The normalized spacial score (nSPS) is 20.4. The van der Waals surface area contributed by atoms with Gasteiger partial charge in [0.15, 0.2) is 11.6 Å². The highest BCUT2D eigenvalue weighted by atomic mass is 19.3. The van der Waals surface area contributed by atoms with E-state index in [1.165, 1.54) is 12.3 Å². The Labute approximate surface area is 162 Å². The van der Waals surface area contributed by atoms with E-state index in [-0.39, 0.29) is 30.4 Å². The van der Waals surface area contributed by atoms with Crippen LogP contribution in [0.5, 0.6) is 5.75 Å². The molecule has 0 atom stereocenters. The number of aliphatic hydroxyl groups is 1. The molecule has 1 fully saturated rings. The first-order valence-electron chi connectivity index (χ1n) is 9.21. The molecule has 1 amide bonds. The molecule has 0 radical (unpaired) electrons. The van der Waals surface area contributed by atoms with Gasteiger partial charge in [0.2, 0.25) is 0 Å². The van der Waals surface area contributed by atoms with Crippen LogP contribution in [0.25, 0.3) is 10.9 Å². The molecule has 0 unspecified atom stereocenters. The summed E-state index contributed by atoms with van der Waals surface area (Å²) in [6.45, 7) is 0.464. The second-order valence-electron chi connectivity index (χ2n) is 7.75. The molecule has 154 valence electrons. The molecule has 5 nitrogen and oxygen atoms in total. The van der Waals surface area contributed by atoms with Crippen LogP contribution in [0, 0.1) is 11.7 Å². The van der Waals surface area contributed by atoms with Crippen molar-refractivity contribution in [2.24, 2.45) is 5.92 Å². The lowest BCUT2D eigenvalue weighted by molar-refractivity contribution is -0.0520. The quantitative estimate of drug-likeness (QED) is 0.789. The zero-order valence-corrected chi connectivity index (χ0v) is 15.7. The van der Waals surface area contributed by atoms with Crippen LogP contribution in [0.4, 0.5) is 13.2 Å². The predicted molar refractivity (Wildman–Crippen MR) is 100.0 cm³/mol. The summed E-state index contributed by atoms with van der Waals surface area (Å²) in [5, 5.41) is 13.4. The fraction of sp³-hybridized carbons (Fsp3) is 0.500. The average molecular weight is 398 g/mol. The zero-order valence-electron chi connectivity index (χ0n) is 15.7. The van der Waals surface area contributed by atoms with E-state index in [0.717, 1.165) is 37.8 Å². The maximum Gasteiger partial charge on any atom is 0.387 e. The van der Waals surface area contributed by atoms with Crippen molar-refractivity contribution in [2.45, 2.75) is 57.8 Å². The zero-order chi connectivity index (χ0) is 20.5. The summed E-state index contributed by atoms with van der Waals surface area (Å²) in [5.41, 5.74) is -0.216. The Kier molecular flexibility index (Phi) is 5.79. The van der Waals surface area contributed by atoms with E-state index in [2.05, 4.69) is 15.0 Å². The van der Waals surface area contributed by atoms with Crippen LogP contribution in [-0.4, -0.2) is 34.3 Å². The third-order valence-corrected chi connectivity index (χ3v) is 5.27. The number of halogens is 3. The molecule has 0 bridgehead atoms. The number of carbonyl (C=O) groups is 1. The number of hydrogen-bond acceptors (Lipinski definition) is 4. The molecular weight excluding hydrogens is 373 g/mol. The highest BCUT2D eigenvalue weighted by Crippen LogP contribution is 2.32. The molecule has 0 aliphatic heterocycles. The minimum atomic E-state index is -3.14. The molecule has 1 aromatic heterocycles. The van der Waals surface area contributed by atoms with Gasteiger partial charge < -0.3 is 15.2 Å². The van der Waals surface area contributed by atoms with Crippen LogP contribution in [0.2, 0.25) is 0 Å². The van der Waals surface area contributed by atoms with E-state index in [9.17, 15) is 23.1 Å². The van der Waals surface area contributed by atoms with Crippen LogP contribution < -0.4 is 10.1 Å². The summed E-state index contributed by atoms with van der Waals surface area (Å²) in [6, 6.07) is 3.57. The van der Waals surface area contributed by atoms with Gasteiger partial charge in [-0.25, -0.2) is 4.39 Å². The Bertz CT molecular complexity index is 866. The molecule has 0 spiro atoms. The van der Waals surface area contributed by atoms with Gasteiger partial charge in [0.05, 0.1) is 16.7 Å². The summed E-state index contributed by atoms with van der Waals surface area (Å²) >= 11 is 0. The highest BCUT2D eigenvalue weighted by Gasteiger charge is 2.31. The number of amides is 1. The number of benzene rings is 1. The van der Waals surface area contributed by atoms with Gasteiger partial charge >= 0.3 is 6.61 Å². The lowest BCUT2D eigenvalue weighted by Crippen LogP contribution is -2.41. The molecular formula is C20H25F3N2O3. The number of rotatable bonds is 5. The largest absolute Gasteiger partial charge is 0.432 e. The lowest BCUT2D eigenvalue weighted by atomic mass is 9.77. The number of fused-ring (bicyclic) bond motifs is 1. The molecule has 1 aliphatic carbocycles. The first-order valence-corrected chi connectivity index (χ1v) is 9.21. The van der Waals surface area contributed by atoms with Gasteiger partial charge in [0.1, 0.15) is 0 Å². The summed E-state index contributed by atoms with van der Waals surface area (Å²) < 4.78 is 42.6. The van der Waals surface area contributed by atoms with Gasteiger partial charge in [-0.3, -0.25) is 9.78 Å². The number of aromatic nitrogens is 1. The maximum atomic E-state index is 13.9. The number of hydrogen-bond donors (Lipinski definition) is 2. The van der Waals surface area contributed by atoms with Crippen LogP contribution >= 0.6 is 0 Å². The average Bonchev–Trinajstić information content (AvgIpc) is 2.61. The molecule has 1 aromatic carbocycles. The van der Waals surface area contributed by atoms with E-state index in [1.807, 2.05) is 0 Å². The van der Waals surface area contributed by atoms with Crippen molar-refractivity contribution in [2.75, 3.05) is 0 Å². The standard InChI is InChI=1S/C20H23F3N2O3.H2/c1-20(2,27)13-3-5-14(6-4-13)25-18(26)12-7-11-8-15(21)17(28-19(22)23)9-16(11)24-10-12;/h7-10,13-14,19,27H,3-6H2,1-2H3,(H,25,26);1H. The van der Waals surface area contributed by atoms with Crippen molar-refractivity contribution in [3.8, 4) is 5.75 Å². The Hall–Kier alpha value is -2.35. The van der Waals surface area contributed by atoms with Gasteiger partial charge in [0.25, 0.3) is 5.91 Å². The van der Waals surface area contributed by atoms with E-state index in [4.69, 9.17) is 0 Å². The maximum absolute atomic E-state index is 13.9. The Morgan fingerprint density at radius 1 is 1.29 bits per heavy atom. The van der Waals surface area contributed by atoms with Gasteiger partial charge in [-0.05, 0) is 57.6 Å². The van der Waals surface area contributed by atoms with Gasteiger partial charge in [-0.15, -0.1) is 0 Å². The minimum Gasteiger partial charge on any atom is -0.432 e. The number of ether oxygens (including phenoxy) is 1. The number of carbonyl (C=O) groups excluding carboxylic acids is 1. The van der Waals surface area contributed by atoms with Crippen LogP contribution in [-0.2, 0) is 0 Å². The fourth-order valence-electron chi connectivity index (χ4n) is 3.65. The number of alkyl halides is 2. The number of nitrogens with zero attached hydrogens (tertiary/aromatic N) is 1. The summed E-state index contributed by atoms with van der Waals surface area (Å²) in [5.74, 6) is -1.65. The highest BCUT2D eigenvalue weighted by molar-refractivity contribution is 5.97. The Morgan fingerprint density at radius 2 is 1.96 bits per heavy atom. The van der Waals surface area contributed by atoms with E-state index in [0.29, 0.717) is 5.39 Å². The Balaban J connectivity index is 0.00000300. The van der Waals surface area contributed by atoms with Crippen molar-refractivity contribution in [3.63, 3.8) is 0 Å². The molecule has 0 saturated heterocycles. The van der Waals surface area contributed by atoms with Crippen molar-refractivity contribution in [1.82, 2.24) is 10.3 Å². The fourth-order valence-corrected chi connectivity index (χ4v) is 3.65. The summed E-state index contributed by atoms with van der Waals surface area (Å²) in [7, 11) is 0. The molecule has 1 heterocycles. The molecule has 28 heavy (non-hydrogen) atoms. The van der Waals surface area contributed by atoms with E-state index >= 15 is 0 Å². The third-order valence-electron chi connectivity index (χ3n) is 5.27. The van der Waals surface area contributed by atoms with Gasteiger partial charge in [-0.1, -0.05) is 0 Å². The summed E-state index contributed by atoms with van der Waals surface area (Å²) in [6.07, 6.45) is 4.50. The van der Waals surface area contributed by atoms with Gasteiger partial charge in [-0.2, -0.15) is 8.78 Å². The predicted octanol–water partition coefficient (Wildman–Crippen LogP) is 4.28. The van der Waals surface area contributed by atoms with Crippen molar-refractivity contribution in [1.29, 1.82) is 0 Å². The van der Waals surface area contributed by atoms with Crippen LogP contribution in [0.15, 0.2) is 24.4 Å². The third kappa shape index (κ3) is 4.73. The number of pyridine rings is 1. The van der Waals surface area contributed by atoms with Crippen molar-refractivity contribution < 1.29 is 29.2 Å². The molecule has 1 aliphatic rings. The smallest absolute Gasteiger partial charge is 0.387 e. The summed E-state index contributed by atoms with van der Waals surface area (Å²) in [4.78, 5) is 16.6. The monoisotopic (exact) mass is 398 g/mol. The molecule has 3 rings (SSSR count). The minimum absolute atomic E-state index is 0. The molecule has 2 N–H and O–H groups in total. The first kappa shape index (κ1) is 20.4.